The number of hydrogen-bond donors (Lipinski definition) is 1. The van der Waals surface area contributed by atoms with Crippen LogP contribution in [0.15, 0.2) is 63.9 Å². The number of methoxy groups -OCH3 is 1. The third-order valence-electron chi connectivity index (χ3n) is 4.64. The smallest absolute Gasteiger partial charge is 0.358 e. The maximum absolute atomic E-state index is 12.7. The number of hydrogen-bond acceptors (Lipinski definition) is 5. The summed E-state index contributed by atoms with van der Waals surface area (Å²) in [5.74, 6) is -1.41. The molecular formula is C23H26BrN3O4. The monoisotopic (exact) mass is 487 g/mol. The Balaban J connectivity index is 0.00000166. The second-order valence-electron chi connectivity index (χ2n) is 6.44. The Morgan fingerprint density at radius 3 is 2.16 bits per heavy atom. The molecule has 1 aromatic heterocycles. The summed E-state index contributed by atoms with van der Waals surface area (Å²) in [4.78, 5) is 30.4. The highest BCUT2D eigenvalue weighted by Crippen LogP contribution is 2.31. The minimum Gasteiger partial charge on any atom is -0.489 e. The summed E-state index contributed by atoms with van der Waals surface area (Å²) >= 11 is 3.44. The first-order chi connectivity index (χ1) is 14.8. The van der Waals surface area contributed by atoms with Gasteiger partial charge in [-0.05, 0) is 23.3 Å². The van der Waals surface area contributed by atoms with Crippen molar-refractivity contribution in [3.8, 4) is 5.75 Å². The fraction of sp³-hybridized carbons (Fsp3) is 0.261. The molecule has 7 nitrogen and oxygen atoms in total. The molecule has 31 heavy (non-hydrogen) atoms. The Hall–Kier alpha value is -3.13. The Morgan fingerprint density at radius 2 is 1.65 bits per heavy atom. The summed E-state index contributed by atoms with van der Waals surface area (Å²) in [6.07, 6.45) is 0. The third kappa shape index (κ3) is 5.14. The van der Waals surface area contributed by atoms with Crippen molar-refractivity contribution in [2.75, 3.05) is 19.1 Å². The molecule has 3 rings (SSSR count). The number of benzene rings is 2. The molecular weight excluding hydrogens is 462 g/mol. The van der Waals surface area contributed by atoms with E-state index >= 15 is 0 Å². The van der Waals surface area contributed by atoms with Gasteiger partial charge in [-0.3, -0.25) is 9.36 Å². The van der Waals surface area contributed by atoms with Crippen molar-refractivity contribution >= 4 is 27.8 Å². The number of rotatable bonds is 6. The molecule has 0 amide bonds. The summed E-state index contributed by atoms with van der Waals surface area (Å²) in [5.41, 5.74) is 0.951. The number of aromatic carboxylic acids is 1. The van der Waals surface area contributed by atoms with Gasteiger partial charge in [0.15, 0.2) is 5.69 Å². The zero-order valence-corrected chi connectivity index (χ0v) is 19.8. The highest BCUT2D eigenvalue weighted by atomic mass is 79.9. The Bertz CT molecular complexity index is 1080. The van der Waals surface area contributed by atoms with E-state index in [1.165, 1.54) is 11.7 Å². The molecule has 0 aliphatic heterocycles. The SMILES string of the molecule is CC.COc1c(C(=O)O)nc(N(C)C(c2ccccc2)c2ccc(Br)cc2)n(C)c1=O. The predicted octanol–water partition coefficient (Wildman–Crippen LogP) is 4.50. The fourth-order valence-corrected chi connectivity index (χ4v) is 3.51. The van der Waals surface area contributed by atoms with Gasteiger partial charge in [0.25, 0.3) is 5.56 Å². The number of anilines is 1. The lowest BCUT2D eigenvalue weighted by molar-refractivity contribution is 0.0685. The topological polar surface area (TPSA) is 84.7 Å². The summed E-state index contributed by atoms with van der Waals surface area (Å²) in [5, 5.41) is 9.51. The van der Waals surface area contributed by atoms with Crippen LogP contribution in [-0.4, -0.2) is 34.8 Å². The first-order valence-corrected chi connectivity index (χ1v) is 10.6. The van der Waals surface area contributed by atoms with Gasteiger partial charge in [0, 0.05) is 18.6 Å². The van der Waals surface area contributed by atoms with Gasteiger partial charge in [-0.25, -0.2) is 9.78 Å². The van der Waals surface area contributed by atoms with E-state index in [4.69, 9.17) is 4.74 Å². The molecule has 1 heterocycles. The molecule has 0 saturated carbocycles. The first kappa shape index (κ1) is 24.1. The molecule has 0 radical (unpaired) electrons. The van der Waals surface area contributed by atoms with Crippen molar-refractivity contribution in [1.29, 1.82) is 0 Å². The molecule has 3 aromatic rings. The molecule has 1 unspecified atom stereocenters. The molecule has 0 saturated heterocycles. The third-order valence-corrected chi connectivity index (χ3v) is 5.16. The second kappa shape index (κ2) is 10.8. The van der Waals surface area contributed by atoms with Crippen molar-refractivity contribution < 1.29 is 14.6 Å². The lowest BCUT2D eigenvalue weighted by Gasteiger charge is -2.31. The zero-order chi connectivity index (χ0) is 23.1. The summed E-state index contributed by atoms with van der Waals surface area (Å²) < 4.78 is 7.23. The Morgan fingerprint density at radius 1 is 1.10 bits per heavy atom. The highest BCUT2D eigenvalue weighted by Gasteiger charge is 2.27. The van der Waals surface area contributed by atoms with Crippen LogP contribution in [0.2, 0.25) is 0 Å². The number of carboxylic acids is 1. The van der Waals surface area contributed by atoms with Crippen LogP contribution in [0.1, 0.15) is 41.5 Å². The number of halogens is 1. The van der Waals surface area contributed by atoms with Gasteiger partial charge in [-0.15, -0.1) is 0 Å². The lowest BCUT2D eigenvalue weighted by atomic mass is 9.97. The van der Waals surface area contributed by atoms with Crippen molar-refractivity contribution in [3.05, 3.63) is 86.2 Å². The van der Waals surface area contributed by atoms with Crippen molar-refractivity contribution in [2.45, 2.75) is 19.9 Å². The summed E-state index contributed by atoms with van der Waals surface area (Å²) in [6.45, 7) is 4.00. The predicted molar refractivity (Wildman–Crippen MR) is 125 cm³/mol. The Labute approximate surface area is 190 Å². The average Bonchev–Trinajstić information content (AvgIpc) is 2.78. The molecule has 2 aromatic carbocycles. The number of aromatic nitrogens is 2. The number of carbonyl (C=O) groups is 1. The minimum atomic E-state index is -1.32. The van der Waals surface area contributed by atoms with Crippen LogP contribution >= 0.6 is 15.9 Å². The van der Waals surface area contributed by atoms with E-state index in [-0.39, 0.29) is 17.7 Å². The van der Waals surface area contributed by atoms with Crippen LogP contribution in [0.3, 0.4) is 0 Å². The molecule has 0 fully saturated rings. The van der Waals surface area contributed by atoms with E-state index in [1.54, 1.807) is 19.0 Å². The van der Waals surface area contributed by atoms with Crippen LogP contribution < -0.4 is 15.2 Å². The second-order valence-corrected chi connectivity index (χ2v) is 7.35. The van der Waals surface area contributed by atoms with Gasteiger partial charge in [-0.1, -0.05) is 72.2 Å². The van der Waals surface area contributed by atoms with Crippen LogP contribution in [0.4, 0.5) is 5.95 Å². The number of nitrogens with zero attached hydrogens (tertiary/aromatic N) is 3. The van der Waals surface area contributed by atoms with Crippen LogP contribution in [-0.2, 0) is 7.05 Å². The highest BCUT2D eigenvalue weighted by molar-refractivity contribution is 9.10. The molecule has 1 atom stereocenters. The molecule has 0 aliphatic carbocycles. The number of ether oxygens (including phenoxy) is 1. The maximum atomic E-state index is 12.7. The van der Waals surface area contributed by atoms with E-state index in [0.717, 1.165) is 15.6 Å². The summed E-state index contributed by atoms with van der Waals surface area (Å²) in [6, 6.07) is 17.2. The zero-order valence-electron chi connectivity index (χ0n) is 18.2. The lowest BCUT2D eigenvalue weighted by Crippen LogP contribution is -2.34. The number of carboxylic acid groups (broad SMARTS) is 1. The van der Waals surface area contributed by atoms with E-state index in [0.29, 0.717) is 0 Å². The van der Waals surface area contributed by atoms with Crippen molar-refractivity contribution in [3.63, 3.8) is 0 Å². The molecule has 164 valence electrons. The van der Waals surface area contributed by atoms with Crippen LogP contribution in [0, 0.1) is 0 Å². The first-order valence-electron chi connectivity index (χ1n) is 9.76. The normalized spacial score (nSPS) is 11.2. The maximum Gasteiger partial charge on any atom is 0.358 e. The molecule has 1 N–H and O–H groups in total. The molecule has 0 aliphatic rings. The molecule has 8 heteroatoms. The fourth-order valence-electron chi connectivity index (χ4n) is 3.25. The van der Waals surface area contributed by atoms with Crippen molar-refractivity contribution in [2.24, 2.45) is 7.05 Å². The van der Waals surface area contributed by atoms with Crippen molar-refractivity contribution in [1.82, 2.24) is 9.55 Å². The molecule has 0 bridgehead atoms. The van der Waals surface area contributed by atoms with Crippen LogP contribution in [0.25, 0.3) is 0 Å². The van der Waals surface area contributed by atoms with Gasteiger partial charge >= 0.3 is 5.97 Å². The van der Waals surface area contributed by atoms with Crippen LogP contribution in [0.5, 0.6) is 5.75 Å². The van der Waals surface area contributed by atoms with Gasteiger partial charge in [0.1, 0.15) is 0 Å². The molecule has 0 spiro atoms. The van der Waals surface area contributed by atoms with E-state index in [1.807, 2.05) is 68.4 Å². The van der Waals surface area contributed by atoms with Gasteiger partial charge in [0.05, 0.1) is 13.2 Å². The Kier molecular flexibility index (Phi) is 8.38. The average molecular weight is 488 g/mol. The largest absolute Gasteiger partial charge is 0.489 e. The van der Waals surface area contributed by atoms with Gasteiger partial charge in [0.2, 0.25) is 11.7 Å². The van der Waals surface area contributed by atoms with E-state index in [2.05, 4.69) is 20.9 Å². The van der Waals surface area contributed by atoms with E-state index in [9.17, 15) is 14.7 Å². The van der Waals surface area contributed by atoms with Gasteiger partial charge < -0.3 is 14.7 Å². The van der Waals surface area contributed by atoms with Gasteiger partial charge in [-0.2, -0.15) is 0 Å². The van der Waals surface area contributed by atoms with E-state index < -0.39 is 17.2 Å². The standard InChI is InChI=1S/C21H20BrN3O4.C2H6/c1-24(21-23-16(20(27)28)18(29-3)19(26)25(21)2)17(13-7-5-4-6-8-13)14-9-11-15(22)12-10-14;1-2/h4-12,17H,1-3H3,(H,27,28);1-2H3. The quantitative estimate of drug-likeness (QED) is 0.550. The minimum absolute atomic E-state index is 0.213. The summed E-state index contributed by atoms with van der Waals surface area (Å²) in [7, 11) is 4.57.